The van der Waals surface area contributed by atoms with Crippen LogP contribution in [0.4, 0.5) is 5.69 Å². The largest absolute Gasteiger partial charge is 0.497 e. The van der Waals surface area contributed by atoms with E-state index in [-0.39, 0.29) is 5.57 Å². The molecule has 0 bridgehead atoms. The predicted octanol–water partition coefficient (Wildman–Crippen LogP) is 3.25. The first-order chi connectivity index (χ1) is 11.2. The van der Waals surface area contributed by atoms with Crippen LogP contribution in [0.15, 0.2) is 54.1 Å². The highest BCUT2D eigenvalue weighted by molar-refractivity contribution is 6.09. The van der Waals surface area contributed by atoms with Gasteiger partial charge in [-0.15, -0.1) is 0 Å². The number of anilines is 1. The van der Waals surface area contributed by atoms with Crippen LogP contribution >= 0.6 is 0 Å². The molecule has 0 fully saturated rings. The summed E-state index contributed by atoms with van der Waals surface area (Å²) in [5.74, 6) is 0.797. The Morgan fingerprint density at radius 1 is 1.09 bits per heavy atom. The minimum atomic E-state index is -0.483. The van der Waals surface area contributed by atoms with Gasteiger partial charge in [-0.3, -0.25) is 4.79 Å². The van der Waals surface area contributed by atoms with E-state index in [0.29, 0.717) is 22.7 Å². The van der Waals surface area contributed by atoms with Crippen LogP contribution in [-0.2, 0) is 4.79 Å². The number of carbonyl (C=O) groups excluding carboxylic acids is 1. The Labute approximate surface area is 134 Å². The summed E-state index contributed by atoms with van der Waals surface area (Å²) < 4.78 is 10.2. The fraction of sp³-hybridized carbons (Fsp3) is 0.111. The van der Waals surface area contributed by atoms with Crippen LogP contribution in [0.25, 0.3) is 6.08 Å². The first kappa shape index (κ1) is 16.1. The SMILES string of the molecule is COc1cccc(/C=C(\C#N)C(=O)Nc2cccc(OC)c2)c1. The Balaban J connectivity index is 2.20. The van der Waals surface area contributed by atoms with Gasteiger partial charge in [0.05, 0.1) is 14.2 Å². The van der Waals surface area contributed by atoms with Crippen LogP contribution in [0.5, 0.6) is 11.5 Å². The van der Waals surface area contributed by atoms with E-state index in [9.17, 15) is 10.1 Å². The van der Waals surface area contributed by atoms with E-state index in [1.54, 1.807) is 62.8 Å². The fourth-order valence-corrected chi connectivity index (χ4v) is 1.95. The van der Waals surface area contributed by atoms with Crippen molar-refractivity contribution in [1.29, 1.82) is 5.26 Å². The molecule has 5 nitrogen and oxygen atoms in total. The standard InChI is InChI=1S/C18H16N2O3/c1-22-16-7-3-5-13(10-16)9-14(12-19)18(21)20-15-6-4-8-17(11-15)23-2/h3-11H,1-2H3,(H,20,21)/b14-9+. The highest BCUT2D eigenvalue weighted by atomic mass is 16.5. The molecule has 0 aromatic heterocycles. The van der Waals surface area contributed by atoms with Crippen LogP contribution < -0.4 is 14.8 Å². The molecule has 0 unspecified atom stereocenters. The third-order valence-corrected chi connectivity index (χ3v) is 3.10. The smallest absolute Gasteiger partial charge is 0.266 e. The van der Waals surface area contributed by atoms with Crippen molar-refractivity contribution in [3.8, 4) is 17.6 Å². The summed E-state index contributed by atoms with van der Waals surface area (Å²) >= 11 is 0. The van der Waals surface area contributed by atoms with Crippen molar-refractivity contribution in [2.24, 2.45) is 0 Å². The van der Waals surface area contributed by atoms with Crippen molar-refractivity contribution in [2.45, 2.75) is 0 Å². The van der Waals surface area contributed by atoms with Gasteiger partial charge >= 0.3 is 0 Å². The molecule has 1 amide bonds. The average molecular weight is 308 g/mol. The number of benzene rings is 2. The van der Waals surface area contributed by atoms with Crippen molar-refractivity contribution in [3.05, 3.63) is 59.7 Å². The first-order valence-corrected chi connectivity index (χ1v) is 6.87. The zero-order valence-electron chi connectivity index (χ0n) is 12.9. The first-order valence-electron chi connectivity index (χ1n) is 6.87. The van der Waals surface area contributed by atoms with Gasteiger partial charge < -0.3 is 14.8 Å². The highest BCUT2D eigenvalue weighted by Gasteiger charge is 2.10. The monoisotopic (exact) mass is 308 g/mol. The topological polar surface area (TPSA) is 71.3 Å². The molecule has 5 heteroatoms. The molecule has 0 saturated heterocycles. The van der Waals surface area contributed by atoms with E-state index in [0.717, 1.165) is 0 Å². The lowest BCUT2D eigenvalue weighted by Gasteiger charge is -2.06. The molecule has 0 radical (unpaired) electrons. The number of rotatable bonds is 5. The number of carbonyl (C=O) groups is 1. The summed E-state index contributed by atoms with van der Waals surface area (Å²) in [4.78, 5) is 12.2. The summed E-state index contributed by atoms with van der Waals surface area (Å²) in [5, 5.41) is 11.9. The number of amides is 1. The molecule has 1 N–H and O–H groups in total. The Bertz CT molecular complexity index is 776. The van der Waals surface area contributed by atoms with Crippen molar-refractivity contribution in [3.63, 3.8) is 0 Å². The zero-order chi connectivity index (χ0) is 16.7. The van der Waals surface area contributed by atoms with Gasteiger partial charge in [0.2, 0.25) is 0 Å². The second-order valence-corrected chi connectivity index (χ2v) is 4.63. The van der Waals surface area contributed by atoms with Gasteiger partial charge in [0, 0.05) is 11.8 Å². The average Bonchev–Trinajstić information content (AvgIpc) is 2.59. The number of methoxy groups -OCH3 is 2. The van der Waals surface area contributed by atoms with Gasteiger partial charge in [0.1, 0.15) is 23.1 Å². The molecule has 116 valence electrons. The maximum absolute atomic E-state index is 12.2. The second kappa shape index (κ2) is 7.66. The summed E-state index contributed by atoms with van der Waals surface area (Å²) in [6.07, 6.45) is 1.51. The minimum Gasteiger partial charge on any atom is -0.497 e. The summed E-state index contributed by atoms with van der Waals surface area (Å²) in [5.41, 5.74) is 1.27. The maximum Gasteiger partial charge on any atom is 0.266 e. The molecule has 2 aromatic rings. The maximum atomic E-state index is 12.2. The lowest BCUT2D eigenvalue weighted by molar-refractivity contribution is -0.112. The van der Waals surface area contributed by atoms with Crippen molar-refractivity contribution in [2.75, 3.05) is 19.5 Å². The normalized spacial score (nSPS) is 10.6. The van der Waals surface area contributed by atoms with Gasteiger partial charge in [-0.25, -0.2) is 0 Å². The van der Waals surface area contributed by atoms with Crippen LogP contribution in [-0.4, -0.2) is 20.1 Å². The molecule has 0 aliphatic rings. The van der Waals surface area contributed by atoms with E-state index in [1.807, 2.05) is 6.07 Å². The Morgan fingerprint density at radius 2 is 1.74 bits per heavy atom. The summed E-state index contributed by atoms with van der Waals surface area (Å²) in [7, 11) is 3.11. The lowest BCUT2D eigenvalue weighted by Crippen LogP contribution is -2.13. The number of nitriles is 1. The molecule has 0 aliphatic heterocycles. The quantitative estimate of drug-likeness (QED) is 0.680. The van der Waals surface area contributed by atoms with Gasteiger partial charge in [-0.05, 0) is 35.9 Å². The van der Waals surface area contributed by atoms with E-state index in [1.165, 1.54) is 6.08 Å². The summed E-state index contributed by atoms with van der Waals surface area (Å²) in [6, 6.07) is 16.0. The molecule has 2 aromatic carbocycles. The molecular formula is C18H16N2O3. The Kier molecular flexibility index (Phi) is 5.37. The van der Waals surface area contributed by atoms with Crippen molar-refractivity contribution < 1.29 is 14.3 Å². The molecular weight excluding hydrogens is 292 g/mol. The van der Waals surface area contributed by atoms with E-state index in [4.69, 9.17) is 9.47 Å². The third-order valence-electron chi connectivity index (χ3n) is 3.10. The number of hydrogen-bond acceptors (Lipinski definition) is 4. The Hall–Kier alpha value is -3.26. The second-order valence-electron chi connectivity index (χ2n) is 4.63. The fourth-order valence-electron chi connectivity index (χ4n) is 1.95. The number of nitrogens with zero attached hydrogens (tertiary/aromatic N) is 1. The predicted molar refractivity (Wildman–Crippen MR) is 88.2 cm³/mol. The van der Waals surface area contributed by atoms with E-state index < -0.39 is 5.91 Å². The number of nitrogens with one attached hydrogen (secondary N) is 1. The van der Waals surface area contributed by atoms with Crippen LogP contribution in [0.3, 0.4) is 0 Å². The lowest BCUT2D eigenvalue weighted by atomic mass is 10.1. The van der Waals surface area contributed by atoms with Gasteiger partial charge in [-0.2, -0.15) is 5.26 Å². The molecule has 0 heterocycles. The highest BCUT2D eigenvalue weighted by Crippen LogP contribution is 2.19. The molecule has 2 rings (SSSR count). The van der Waals surface area contributed by atoms with Gasteiger partial charge in [0.25, 0.3) is 5.91 Å². The molecule has 0 atom stereocenters. The summed E-state index contributed by atoms with van der Waals surface area (Å²) in [6.45, 7) is 0. The molecule has 23 heavy (non-hydrogen) atoms. The van der Waals surface area contributed by atoms with E-state index in [2.05, 4.69) is 5.32 Å². The van der Waals surface area contributed by atoms with Crippen molar-refractivity contribution in [1.82, 2.24) is 0 Å². The minimum absolute atomic E-state index is 0.000993. The van der Waals surface area contributed by atoms with Crippen LogP contribution in [0.2, 0.25) is 0 Å². The van der Waals surface area contributed by atoms with E-state index >= 15 is 0 Å². The molecule has 0 aliphatic carbocycles. The van der Waals surface area contributed by atoms with Gasteiger partial charge in [0.15, 0.2) is 0 Å². The number of hydrogen-bond donors (Lipinski definition) is 1. The molecule has 0 saturated carbocycles. The third kappa shape index (κ3) is 4.35. The van der Waals surface area contributed by atoms with Crippen LogP contribution in [0, 0.1) is 11.3 Å². The van der Waals surface area contributed by atoms with Crippen molar-refractivity contribution >= 4 is 17.7 Å². The Morgan fingerprint density at radius 3 is 2.39 bits per heavy atom. The zero-order valence-corrected chi connectivity index (χ0v) is 12.9. The van der Waals surface area contributed by atoms with Gasteiger partial charge in [-0.1, -0.05) is 18.2 Å². The molecule has 0 spiro atoms. The van der Waals surface area contributed by atoms with Crippen LogP contribution in [0.1, 0.15) is 5.56 Å². The number of ether oxygens (including phenoxy) is 2.